The molecule has 0 aliphatic carbocycles. The second-order valence-electron chi connectivity index (χ2n) is 5.96. The summed E-state index contributed by atoms with van der Waals surface area (Å²) in [4.78, 5) is 18.4. The van der Waals surface area contributed by atoms with Gasteiger partial charge < -0.3 is 20.3 Å². The van der Waals surface area contributed by atoms with Crippen LogP contribution in [0.25, 0.3) is 0 Å². The van der Waals surface area contributed by atoms with Gasteiger partial charge in [0.25, 0.3) is 0 Å². The van der Waals surface area contributed by atoms with Crippen LogP contribution in [0.1, 0.15) is 40.5 Å². The molecule has 0 aromatic heterocycles. The molecule has 0 bridgehead atoms. The SMILES string of the molecule is CC/N=C(\NC)N1CCC(NC(=O)OC(C)(C)C)CC1. The highest BCUT2D eigenvalue weighted by molar-refractivity contribution is 5.79. The maximum Gasteiger partial charge on any atom is 0.407 e. The molecule has 116 valence electrons. The summed E-state index contributed by atoms with van der Waals surface area (Å²) in [5.74, 6) is 0.934. The van der Waals surface area contributed by atoms with Gasteiger partial charge in [0.05, 0.1) is 0 Å². The highest BCUT2D eigenvalue weighted by atomic mass is 16.6. The Hall–Kier alpha value is -1.46. The van der Waals surface area contributed by atoms with E-state index in [0.717, 1.165) is 38.4 Å². The molecule has 0 spiro atoms. The van der Waals surface area contributed by atoms with E-state index in [2.05, 4.69) is 20.5 Å². The first-order valence-electron chi connectivity index (χ1n) is 7.32. The lowest BCUT2D eigenvalue weighted by Gasteiger charge is -2.34. The quantitative estimate of drug-likeness (QED) is 0.597. The summed E-state index contributed by atoms with van der Waals surface area (Å²) in [6.45, 7) is 10.2. The molecule has 20 heavy (non-hydrogen) atoms. The summed E-state index contributed by atoms with van der Waals surface area (Å²) in [5, 5.41) is 6.06. The zero-order valence-corrected chi connectivity index (χ0v) is 13.3. The topological polar surface area (TPSA) is 66.0 Å². The van der Waals surface area contributed by atoms with E-state index in [0.29, 0.717) is 0 Å². The van der Waals surface area contributed by atoms with Gasteiger partial charge in [0, 0.05) is 32.7 Å². The largest absolute Gasteiger partial charge is 0.444 e. The van der Waals surface area contributed by atoms with Crippen molar-refractivity contribution in [2.75, 3.05) is 26.7 Å². The molecular weight excluding hydrogens is 256 g/mol. The van der Waals surface area contributed by atoms with Crippen LogP contribution in [0, 0.1) is 0 Å². The van der Waals surface area contributed by atoms with Gasteiger partial charge in [-0.05, 0) is 40.5 Å². The molecule has 0 unspecified atom stereocenters. The average molecular weight is 284 g/mol. The van der Waals surface area contributed by atoms with Crippen LogP contribution in [0.2, 0.25) is 0 Å². The van der Waals surface area contributed by atoms with Crippen molar-refractivity contribution in [3.05, 3.63) is 0 Å². The lowest BCUT2D eigenvalue weighted by Crippen LogP contribution is -2.50. The minimum Gasteiger partial charge on any atom is -0.444 e. The highest BCUT2D eigenvalue weighted by Crippen LogP contribution is 2.12. The predicted octanol–water partition coefficient (Wildman–Crippen LogP) is 1.57. The molecule has 0 radical (unpaired) electrons. The standard InChI is InChI=1S/C14H28N4O2/c1-6-16-12(15-5)18-9-7-11(8-10-18)17-13(19)20-14(2,3)4/h11H,6-10H2,1-5H3,(H,15,16)(H,17,19). The number of rotatable bonds is 2. The normalized spacial score (nSPS) is 17.9. The van der Waals surface area contributed by atoms with Crippen LogP contribution in [0.5, 0.6) is 0 Å². The molecule has 2 N–H and O–H groups in total. The van der Waals surface area contributed by atoms with Crippen LogP contribution in [0.15, 0.2) is 4.99 Å². The summed E-state index contributed by atoms with van der Waals surface area (Å²) >= 11 is 0. The first-order valence-corrected chi connectivity index (χ1v) is 7.32. The Labute approximate surface area is 122 Å². The highest BCUT2D eigenvalue weighted by Gasteiger charge is 2.24. The molecular formula is C14H28N4O2. The molecule has 1 rings (SSSR count). The van der Waals surface area contributed by atoms with E-state index in [4.69, 9.17) is 4.74 Å². The van der Waals surface area contributed by atoms with Gasteiger partial charge >= 0.3 is 6.09 Å². The van der Waals surface area contributed by atoms with Gasteiger partial charge in [-0.15, -0.1) is 0 Å². The Morgan fingerprint density at radius 1 is 1.35 bits per heavy atom. The van der Waals surface area contributed by atoms with E-state index in [1.165, 1.54) is 0 Å². The fourth-order valence-electron chi connectivity index (χ4n) is 2.20. The number of carbonyl (C=O) groups excluding carboxylic acids is 1. The Morgan fingerprint density at radius 2 is 1.95 bits per heavy atom. The van der Waals surface area contributed by atoms with Crippen LogP contribution in [-0.2, 0) is 4.74 Å². The Morgan fingerprint density at radius 3 is 2.40 bits per heavy atom. The zero-order valence-electron chi connectivity index (χ0n) is 13.3. The Bertz CT molecular complexity index is 342. The van der Waals surface area contributed by atoms with E-state index in [9.17, 15) is 4.79 Å². The molecule has 1 saturated heterocycles. The lowest BCUT2D eigenvalue weighted by atomic mass is 10.1. The van der Waals surface area contributed by atoms with Crippen molar-refractivity contribution in [3.8, 4) is 0 Å². The van der Waals surface area contributed by atoms with Crippen molar-refractivity contribution in [1.29, 1.82) is 0 Å². The number of hydrogen-bond acceptors (Lipinski definition) is 3. The van der Waals surface area contributed by atoms with Gasteiger partial charge in [-0.25, -0.2) is 4.79 Å². The number of amides is 1. The fraction of sp³-hybridized carbons (Fsp3) is 0.857. The molecule has 0 aromatic carbocycles. The van der Waals surface area contributed by atoms with Crippen molar-refractivity contribution in [2.45, 2.75) is 52.2 Å². The number of carbonyl (C=O) groups is 1. The minimum absolute atomic E-state index is 0.181. The van der Waals surface area contributed by atoms with Gasteiger partial charge in [-0.1, -0.05) is 0 Å². The molecule has 6 heteroatoms. The number of nitrogens with zero attached hydrogens (tertiary/aromatic N) is 2. The summed E-state index contributed by atoms with van der Waals surface area (Å²) in [5.41, 5.74) is -0.447. The van der Waals surface area contributed by atoms with E-state index in [-0.39, 0.29) is 12.1 Å². The molecule has 0 atom stereocenters. The van der Waals surface area contributed by atoms with Crippen LogP contribution < -0.4 is 10.6 Å². The van der Waals surface area contributed by atoms with Gasteiger partial charge in [0.1, 0.15) is 5.60 Å². The second kappa shape index (κ2) is 7.36. The van der Waals surface area contributed by atoms with E-state index < -0.39 is 5.60 Å². The zero-order chi connectivity index (χ0) is 15.2. The number of aliphatic imine (C=N–C) groups is 1. The number of hydrogen-bond donors (Lipinski definition) is 2. The maximum absolute atomic E-state index is 11.7. The van der Waals surface area contributed by atoms with Crippen molar-refractivity contribution in [3.63, 3.8) is 0 Å². The minimum atomic E-state index is -0.447. The first-order chi connectivity index (χ1) is 9.35. The van der Waals surface area contributed by atoms with Gasteiger partial charge in [-0.3, -0.25) is 4.99 Å². The van der Waals surface area contributed by atoms with Crippen LogP contribution in [0.3, 0.4) is 0 Å². The van der Waals surface area contributed by atoms with Crippen LogP contribution >= 0.6 is 0 Å². The van der Waals surface area contributed by atoms with Crippen molar-refractivity contribution in [2.24, 2.45) is 4.99 Å². The predicted molar refractivity (Wildman–Crippen MR) is 81.0 cm³/mol. The number of ether oxygens (including phenoxy) is 1. The summed E-state index contributed by atoms with van der Waals surface area (Å²) in [6.07, 6.45) is 1.49. The van der Waals surface area contributed by atoms with Gasteiger partial charge in [0.2, 0.25) is 0 Å². The Balaban J connectivity index is 2.39. The molecule has 0 aromatic rings. The number of nitrogens with one attached hydrogen (secondary N) is 2. The van der Waals surface area contributed by atoms with Crippen LogP contribution in [0.4, 0.5) is 4.79 Å². The number of piperidine rings is 1. The molecule has 1 amide bonds. The van der Waals surface area contributed by atoms with Gasteiger partial charge in [0.15, 0.2) is 5.96 Å². The average Bonchev–Trinajstić information content (AvgIpc) is 2.34. The second-order valence-corrected chi connectivity index (χ2v) is 5.96. The number of alkyl carbamates (subject to hydrolysis) is 1. The monoisotopic (exact) mass is 284 g/mol. The number of likely N-dealkylation sites (tertiary alicyclic amines) is 1. The first kappa shape index (κ1) is 16.6. The third-order valence-electron chi connectivity index (χ3n) is 3.05. The van der Waals surface area contributed by atoms with Crippen LogP contribution in [-0.4, -0.2) is 55.3 Å². The van der Waals surface area contributed by atoms with Crippen molar-refractivity contribution >= 4 is 12.1 Å². The molecule has 1 fully saturated rings. The maximum atomic E-state index is 11.7. The van der Waals surface area contributed by atoms with Crippen molar-refractivity contribution < 1.29 is 9.53 Å². The third-order valence-corrected chi connectivity index (χ3v) is 3.05. The third kappa shape index (κ3) is 5.67. The van der Waals surface area contributed by atoms with E-state index in [1.807, 2.05) is 34.7 Å². The summed E-state index contributed by atoms with van der Waals surface area (Å²) in [6, 6.07) is 0.181. The van der Waals surface area contributed by atoms with Crippen molar-refractivity contribution in [1.82, 2.24) is 15.5 Å². The van der Waals surface area contributed by atoms with Gasteiger partial charge in [-0.2, -0.15) is 0 Å². The number of guanidine groups is 1. The summed E-state index contributed by atoms with van der Waals surface area (Å²) < 4.78 is 5.27. The van der Waals surface area contributed by atoms with E-state index in [1.54, 1.807) is 0 Å². The molecule has 1 aliphatic rings. The molecule has 6 nitrogen and oxygen atoms in total. The molecule has 1 heterocycles. The molecule has 0 saturated carbocycles. The molecule has 1 aliphatic heterocycles. The smallest absolute Gasteiger partial charge is 0.407 e. The lowest BCUT2D eigenvalue weighted by molar-refractivity contribution is 0.0488. The van der Waals surface area contributed by atoms with E-state index >= 15 is 0 Å². The fourth-order valence-corrected chi connectivity index (χ4v) is 2.20. The summed E-state index contributed by atoms with van der Waals surface area (Å²) in [7, 11) is 1.89. The Kier molecular flexibility index (Phi) is 6.10.